The van der Waals surface area contributed by atoms with Crippen molar-refractivity contribution in [1.29, 1.82) is 0 Å². The minimum absolute atomic E-state index is 0.0735. The maximum absolute atomic E-state index is 10.8. The van der Waals surface area contributed by atoms with Crippen LogP contribution in [0.15, 0.2) is 12.1 Å². The molecule has 13 heavy (non-hydrogen) atoms. The van der Waals surface area contributed by atoms with E-state index in [9.17, 15) is 9.90 Å². The predicted molar refractivity (Wildman–Crippen MR) is 51.0 cm³/mol. The van der Waals surface area contributed by atoms with Crippen LogP contribution in [0.4, 0.5) is 0 Å². The minimum Gasteiger partial charge on any atom is -0.506 e. The molecule has 1 aromatic rings. The van der Waals surface area contributed by atoms with E-state index >= 15 is 0 Å². The minimum atomic E-state index is -0.672. The maximum atomic E-state index is 10.8. The Morgan fingerprint density at radius 2 is 2.23 bits per heavy atom. The van der Waals surface area contributed by atoms with Crippen molar-refractivity contribution < 1.29 is 9.90 Å². The summed E-state index contributed by atoms with van der Waals surface area (Å²) in [4.78, 5) is 10.8. The van der Waals surface area contributed by atoms with Crippen LogP contribution in [0.1, 0.15) is 22.8 Å². The van der Waals surface area contributed by atoms with E-state index in [2.05, 4.69) is 0 Å². The summed E-state index contributed by atoms with van der Waals surface area (Å²) < 4.78 is 0. The Morgan fingerprint density at radius 3 is 2.69 bits per heavy atom. The lowest BCUT2D eigenvalue weighted by Gasteiger charge is -2.05. The van der Waals surface area contributed by atoms with Gasteiger partial charge in [-0.05, 0) is 24.1 Å². The van der Waals surface area contributed by atoms with Gasteiger partial charge in [0.25, 0.3) is 5.91 Å². The average molecular weight is 200 g/mol. The van der Waals surface area contributed by atoms with Gasteiger partial charge in [0.05, 0.1) is 10.6 Å². The maximum Gasteiger partial charge on any atom is 0.252 e. The number of carbonyl (C=O) groups excluding carboxylic acids is 1. The molecule has 3 N–H and O–H groups in total. The van der Waals surface area contributed by atoms with Gasteiger partial charge in [0.2, 0.25) is 0 Å². The normalized spacial score (nSPS) is 10.0. The summed E-state index contributed by atoms with van der Waals surface area (Å²) in [6.45, 7) is 1.92. The van der Waals surface area contributed by atoms with Crippen LogP contribution in [0.25, 0.3) is 0 Å². The second-order valence-electron chi connectivity index (χ2n) is 2.69. The number of halogens is 1. The van der Waals surface area contributed by atoms with Crippen LogP contribution in [-0.2, 0) is 6.42 Å². The first kappa shape index (κ1) is 9.86. The van der Waals surface area contributed by atoms with Gasteiger partial charge in [-0.1, -0.05) is 18.5 Å². The second-order valence-corrected chi connectivity index (χ2v) is 3.10. The summed E-state index contributed by atoms with van der Waals surface area (Å²) in [7, 11) is 0. The van der Waals surface area contributed by atoms with Gasteiger partial charge >= 0.3 is 0 Å². The molecule has 0 fully saturated rings. The number of nitrogens with two attached hydrogens (primary N) is 1. The number of hydrogen-bond donors (Lipinski definition) is 2. The van der Waals surface area contributed by atoms with E-state index in [1.165, 1.54) is 0 Å². The van der Waals surface area contributed by atoms with Gasteiger partial charge in [-0.15, -0.1) is 0 Å². The molecule has 0 spiro atoms. The zero-order valence-corrected chi connectivity index (χ0v) is 7.93. The molecule has 1 amide bonds. The van der Waals surface area contributed by atoms with Crippen LogP contribution in [0.5, 0.6) is 5.75 Å². The van der Waals surface area contributed by atoms with Crippen molar-refractivity contribution >= 4 is 17.5 Å². The average Bonchev–Trinajstić information content (AvgIpc) is 2.09. The van der Waals surface area contributed by atoms with Gasteiger partial charge in [0, 0.05) is 0 Å². The van der Waals surface area contributed by atoms with E-state index in [1.54, 1.807) is 12.1 Å². The van der Waals surface area contributed by atoms with Gasteiger partial charge in [0.15, 0.2) is 0 Å². The Morgan fingerprint density at radius 1 is 1.62 bits per heavy atom. The van der Waals surface area contributed by atoms with E-state index in [0.29, 0.717) is 0 Å². The van der Waals surface area contributed by atoms with Gasteiger partial charge in [0.1, 0.15) is 5.75 Å². The number of amides is 1. The van der Waals surface area contributed by atoms with Crippen molar-refractivity contribution in [3.05, 3.63) is 28.3 Å². The lowest BCUT2D eigenvalue weighted by atomic mass is 10.1. The number of aryl methyl sites for hydroxylation is 1. The molecule has 0 aromatic heterocycles. The largest absolute Gasteiger partial charge is 0.506 e. The molecule has 0 bridgehead atoms. The highest BCUT2D eigenvalue weighted by atomic mass is 35.5. The van der Waals surface area contributed by atoms with Crippen LogP contribution < -0.4 is 5.73 Å². The molecule has 1 aromatic carbocycles. The molecular weight excluding hydrogens is 190 g/mol. The Hall–Kier alpha value is -1.22. The van der Waals surface area contributed by atoms with E-state index < -0.39 is 5.91 Å². The number of benzene rings is 1. The van der Waals surface area contributed by atoms with Crippen LogP contribution >= 0.6 is 11.6 Å². The predicted octanol–water partition coefficient (Wildman–Crippen LogP) is 1.71. The smallest absolute Gasteiger partial charge is 0.252 e. The third-order valence-corrected chi connectivity index (χ3v) is 2.09. The lowest BCUT2D eigenvalue weighted by molar-refractivity contribution is 0.0997. The van der Waals surface area contributed by atoms with Gasteiger partial charge in [-0.3, -0.25) is 4.79 Å². The van der Waals surface area contributed by atoms with Gasteiger partial charge in [-0.2, -0.15) is 0 Å². The quantitative estimate of drug-likeness (QED) is 0.762. The molecule has 0 atom stereocenters. The molecule has 0 aliphatic carbocycles. The first-order chi connectivity index (χ1) is 6.06. The number of hydrogen-bond acceptors (Lipinski definition) is 2. The Balaban J connectivity index is 3.33. The molecule has 0 unspecified atom stereocenters. The molecule has 0 saturated heterocycles. The zero-order valence-electron chi connectivity index (χ0n) is 7.17. The lowest BCUT2D eigenvalue weighted by Crippen LogP contribution is -2.11. The van der Waals surface area contributed by atoms with Crippen molar-refractivity contribution in [2.45, 2.75) is 13.3 Å². The van der Waals surface area contributed by atoms with E-state index in [1.807, 2.05) is 6.92 Å². The van der Waals surface area contributed by atoms with Crippen molar-refractivity contribution in [3.63, 3.8) is 0 Å². The highest BCUT2D eigenvalue weighted by Crippen LogP contribution is 2.28. The monoisotopic (exact) mass is 199 g/mol. The van der Waals surface area contributed by atoms with Crippen molar-refractivity contribution in [3.8, 4) is 5.75 Å². The SMILES string of the molecule is CCc1cc(Cl)c(O)c(C(N)=O)c1. The Bertz CT molecular complexity index is 350. The molecule has 0 saturated carbocycles. The molecule has 70 valence electrons. The number of primary amides is 1. The summed E-state index contributed by atoms with van der Waals surface area (Å²) >= 11 is 5.68. The number of carbonyl (C=O) groups is 1. The van der Waals surface area contributed by atoms with E-state index in [4.69, 9.17) is 17.3 Å². The van der Waals surface area contributed by atoms with Crippen molar-refractivity contribution in [2.24, 2.45) is 5.73 Å². The highest BCUT2D eigenvalue weighted by Gasteiger charge is 2.11. The number of rotatable bonds is 2. The molecule has 0 aliphatic heterocycles. The fourth-order valence-corrected chi connectivity index (χ4v) is 1.29. The zero-order chi connectivity index (χ0) is 10.0. The molecule has 1 rings (SSSR count). The van der Waals surface area contributed by atoms with Crippen molar-refractivity contribution in [1.82, 2.24) is 0 Å². The second kappa shape index (κ2) is 3.66. The number of aromatic hydroxyl groups is 1. The summed E-state index contributed by atoms with van der Waals surface area (Å²) in [5.41, 5.74) is 5.99. The van der Waals surface area contributed by atoms with Gasteiger partial charge < -0.3 is 10.8 Å². The Kier molecular flexibility index (Phi) is 2.78. The van der Waals surface area contributed by atoms with Crippen molar-refractivity contribution in [2.75, 3.05) is 0 Å². The molecule has 0 heterocycles. The van der Waals surface area contributed by atoms with Crippen LogP contribution in [0.3, 0.4) is 0 Å². The molecule has 4 heteroatoms. The molecule has 3 nitrogen and oxygen atoms in total. The first-order valence-corrected chi connectivity index (χ1v) is 4.25. The summed E-state index contributed by atoms with van der Waals surface area (Å²) in [5.74, 6) is -0.916. The third kappa shape index (κ3) is 1.92. The van der Waals surface area contributed by atoms with Crippen LogP contribution in [0, 0.1) is 0 Å². The topological polar surface area (TPSA) is 63.3 Å². The highest BCUT2D eigenvalue weighted by molar-refractivity contribution is 6.32. The fourth-order valence-electron chi connectivity index (χ4n) is 1.05. The Labute approximate surface area is 81.1 Å². The first-order valence-electron chi connectivity index (χ1n) is 3.87. The summed E-state index contributed by atoms with van der Waals surface area (Å²) in [5, 5.41) is 9.52. The standard InChI is InChI=1S/C9H10ClNO2/c1-2-5-3-6(9(11)13)8(12)7(10)4-5/h3-4,12H,2H2,1H3,(H2,11,13). The molecule has 0 aliphatic rings. The van der Waals surface area contributed by atoms with Crippen LogP contribution in [0.2, 0.25) is 5.02 Å². The molecule has 0 radical (unpaired) electrons. The fraction of sp³-hybridized carbons (Fsp3) is 0.222. The van der Waals surface area contributed by atoms with E-state index in [-0.39, 0.29) is 16.3 Å². The third-order valence-electron chi connectivity index (χ3n) is 1.80. The number of phenols is 1. The molecular formula is C9H10ClNO2. The van der Waals surface area contributed by atoms with E-state index in [0.717, 1.165) is 12.0 Å². The summed E-state index contributed by atoms with van der Waals surface area (Å²) in [6, 6.07) is 3.16. The van der Waals surface area contributed by atoms with Gasteiger partial charge in [-0.25, -0.2) is 0 Å². The van der Waals surface area contributed by atoms with Crippen LogP contribution in [-0.4, -0.2) is 11.0 Å². The summed E-state index contributed by atoms with van der Waals surface area (Å²) in [6.07, 6.45) is 0.736.